The van der Waals surface area contributed by atoms with E-state index in [0.29, 0.717) is 12.5 Å². The molecule has 0 aliphatic carbocycles. The number of hydrogen-bond donors (Lipinski definition) is 2. The molecule has 140 valence electrons. The first-order chi connectivity index (χ1) is 12.0. The lowest BCUT2D eigenvalue weighted by atomic mass is 9.94. The van der Waals surface area contributed by atoms with E-state index in [1.807, 2.05) is 30.3 Å². The molecular weight excluding hydrogens is 316 g/mol. The average Bonchev–Trinajstić information content (AvgIpc) is 2.61. The summed E-state index contributed by atoms with van der Waals surface area (Å²) < 4.78 is 5.59. The maximum atomic E-state index is 12.3. The zero-order valence-corrected chi connectivity index (χ0v) is 15.6. The average molecular weight is 348 g/mol. The first kappa shape index (κ1) is 19.7. The summed E-state index contributed by atoms with van der Waals surface area (Å²) in [7, 11) is 0. The van der Waals surface area contributed by atoms with Gasteiger partial charge in [-0.15, -0.1) is 0 Å². The molecular formula is C20H32N2O3. The summed E-state index contributed by atoms with van der Waals surface area (Å²) in [4.78, 5) is 14.5. The smallest absolute Gasteiger partial charge is 0.223 e. The van der Waals surface area contributed by atoms with Crippen LogP contribution in [0, 0.1) is 11.8 Å². The van der Waals surface area contributed by atoms with Crippen molar-refractivity contribution < 1.29 is 14.6 Å². The Hall–Kier alpha value is -1.59. The van der Waals surface area contributed by atoms with Crippen LogP contribution >= 0.6 is 0 Å². The third-order valence-corrected chi connectivity index (χ3v) is 4.98. The number of amides is 1. The molecule has 1 aliphatic rings. The van der Waals surface area contributed by atoms with Gasteiger partial charge in [0.2, 0.25) is 5.91 Å². The SMILES string of the molecule is CC(C)C(C)NC(=O)C1CCN(CC(O)COc2ccccc2)CC1. The predicted molar refractivity (Wildman–Crippen MR) is 99.6 cm³/mol. The van der Waals surface area contributed by atoms with Crippen LogP contribution in [0.1, 0.15) is 33.6 Å². The van der Waals surface area contributed by atoms with E-state index >= 15 is 0 Å². The van der Waals surface area contributed by atoms with Crippen molar-refractivity contribution in [2.45, 2.75) is 45.8 Å². The van der Waals surface area contributed by atoms with E-state index < -0.39 is 6.10 Å². The van der Waals surface area contributed by atoms with Crippen LogP contribution in [0.15, 0.2) is 30.3 Å². The van der Waals surface area contributed by atoms with Crippen molar-refractivity contribution in [1.29, 1.82) is 0 Å². The molecule has 1 aliphatic heterocycles. The number of carbonyl (C=O) groups is 1. The first-order valence-electron chi connectivity index (χ1n) is 9.34. The number of nitrogens with one attached hydrogen (secondary N) is 1. The molecule has 0 bridgehead atoms. The monoisotopic (exact) mass is 348 g/mol. The number of rotatable bonds is 8. The number of nitrogens with zero attached hydrogens (tertiary/aromatic N) is 1. The summed E-state index contributed by atoms with van der Waals surface area (Å²) in [6.45, 7) is 8.85. The molecule has 0 saturated carbocycles. The summed E-state index contributed by atoms with van der Waals surface area (Å²) >= 11 is 0. The van der Waals surface area contributed by atoms with Crippen LogP contribution in [0.2, 0.25) is 0 Å². The molecule has 2 atom stereocenters. The fourth-order valence-corrected chi connectivity index (χ4v) is 2.95. The van der Waals surface area contributed by atoms with E-state index in [1.54, 1.807) is 0 Å². The molecule has 1 fully saturated rings. The summed E-state index contributed by atoms with van der Waals surface area (Å²) in [5.41, 5.74) is 0. The third-order valence-electron chi connectivity index (χ3n) is 4.98. The van der Waals surface area contributed by atoms with Crippen molar-refractivity contribution in [2.24, 2.45) is 11.8 Å². The number of aliphatic hydroxyl groups excluding tert-OH is 1. The molecule has 1 aromatic carbocycles. The van der Waals surface area contributed by atoms with Gasteiger partial charge in [0.1, 0.15) is 18.5 Å². The van der Waals surface area contributed by atoms with Gasteiger partial charge in [-0.05, 0) is 50.9 Å². The predicted octanol–water partition coefficient (Wildman–Crippen LogP) is 2.30. The van der Waals surface area contributed by atoms with Crippen LogP contribution < -0.4 is 10.1 Å². The van der Waals surface area contributed by atoms with Gasteiger partial charge >= 0.3 is 0 Å². The molecule has 0 aromatic heterocycles. The summed E-state index contributed by atoms with van der Waals surface area (Å²) in [6, 6.07) is 9.74. The van der Waals surface area contributed by atoms with Gasteiger partial charge in [-0.25, -0.2) is 0 Å². The van der Waals surface area contributed by atoms with Crippen LogP contribution in [0.4, 0.5) is 0 Å². The van der Waals surface area contributed by atoms with Crippen molar-refractivity contribution in [2.75, 3.05) is 26.2 Å². The Morgan fingerprint density at radius 3 is 2.48 bits per heavy atom. The van der Waals surface area contributed by atoms with Gasteiger partial charge in [0.05, 0.1) is 0 Å². The second-order valence-corrected chi connectivity index (χ2v) is 7.39. The number of hydrogen-bond acceptors (Lipinski definition) is 4. The van der Waals surface area contributed by atoms with E-state index in [0.717, 1.165) is 31.7 Å². The minimum absolute atomic E-state index is 0.0927. The highest BCUT2D eigenvalue weighted by Crippen LogP contribution is 2.18. The van der Waals surface area contributed by atoms with Gasteiger partial charge in [0.15, 0.2) is 0 Å². The van der Waals surface area contributed by atoms with Gasteiger partial charge in [-0.1, -0.05) is 32.0 Å². The first-order valence-corrected chi connectivity index (χ1v) is 9.34. The number of carbonyl (C=O) groups excluding carboxylic acids is 1. The number of likely N-dealkylation sites (tertiary alicyclic amines) is 1. The number of piperidine rings is 1. The van der Waals surface area contributed by atoms with Gasteiger partial charge < -0.3 is 20.1 Å². The Morgan fingerprint density at radius 1 is 1.24 bits per heavy atom. The van der Waals surface area contributed by atoms with Crippen molar-refractivity contribution in [3.63, 3.8) is 0 Å². The van der Waals surface area contributed by atoms with Crippen LogP contribution in [0.3, 0.4) is 0 Å². The van der Waals surface area contributed by atoms with Gasteiger partial charge in [-0.3, -0.25) is 4.79 Å². The van der Waals surface area contributed by atoms with Gasteiger partial charge in [0, 0.05) is 18.5 Å². The van der Waals surface area contributed by atoms with E-state index in [4.69, 9.17) is 4.74 Å². The van der Waals surface area contributed by atoms with Crippen molar-refractivity contribution in [3.8, 4) is 5.75 Å². The number of aliphatic hydroxyl groups is 1. The molecule has 0 radical (unpaired) electrons. The maximum absolute atomic E-state index is 12.3. The zero-order valence-electron chi connectivity index (χ0n) is 15.6. The molecule has 0 spiro atoms. The van der Waals surface area contributed by atoms with Gasteiger partial charge in [-0.2, -0.15) is 0 Å². The molecule has 1 aromatic rings. The largest absolute Gasteiger partial charge is 0.491 e. The highest BCUT2D eigenvalue weighted by molar-refractivity contribution is 5.79. The normalized spacial score (nSPS) is 18.8. The number of ether oxygens (including phenoxy) is 1. The van der Waals surface area contributed by atoms with E-state index in [-0.39, 0.29) is 24.5 Å². The molecule has 1 amide bonds. The van der Waals surface area contributed by atoms with E-state index in [9.17, 15) is 9.90 Å². The lowest BCUT2D eigenvalue weighted by Gasteiger charge is -2.33. The Bertz CT molecular complexity index is 513. The van der Waals surface area contributed by atoms with E-state index in [1.165, 1.54) is 0 Å². The Morgan fingerprint density at radius 2 is 1.88 bits per heavy atom. The van der Waals surface area contributed by atoms with Crippen molar-refractivity contribution >= 4 is 5.91 Å². The fraction of sp³-hybridized carbons (Fsp3) is 0.650. The maximum Gasteiger partial charge on any atom is 0.223 e. The van der Waals surface area contributed by atoms with E-state index in [2.05, 4.69) is 31.0 Å². The fourth-order valence-electron chi connectivity index (χ4n) is 2.95. The third kappa shape index (κ3) is 6.67. The molecule has 1 heterocycles. The summed E-state index contributed by atoms with van der Waals surface area (Å²) in [5.74, 6) is 1.49. The molecule has 25 heavy (non-hydrogen) atoms. The molecule has 5 heteroatoms. The van der Waals surface area contributed by atoms with Crippen LogP contribution in [-0.2, 0) is 4.79 Å². The number of β-amino-alcohol motifs (C(OH)–C–C–N with tert-alkyl or cyclic N) is 1. The lowest BCUT2D eigenvalue weighted by Crippen LogP contribution is -2.46. The number of benzene rings is 1. The second-order valence-electron chi connectivity index (χ2n) is 7.39. The zero-order chi connectivity index (χ0) is 18.2. The Kier molecular flexibility index (Phi) is 7.72. The minimum Gasteiger partial charge on any atom is -0.491 e. The molecule has 1 saturated heterocycles. The van der Waals surface area contributed by atoms with Crippen LogP contribution in [0.5, 0.6) is 5.75 Å². The quantitative estimate of drug-likeness (QED) is 0.757. The minimum atomic E-state index is -0.522. The standard InChI is InChI=1S/C20H32N2O3/c1-15(2)16(3)21-20(24)17-9-11-22(12-10-17)13-18(23)14-25-19-7-5-4-6-8-19/h4-8,15-18,23H,9-14H2,1-3H3,(H,21,24). The lowest BCUT2D eigenvalue weighted by molar-refractivity contribution is -0.127. The molecule has 2 N–H and O–H groups in total. The second kappa shape index (κ2) is 9.78. The Balaban J connectivity index is 1.66. The highest BCUT2D eigenvalue weighted by atomic mass is 16.5. The summed E-state index contributed by atoms with van der Waals surface area (Å²) in [5, 5.41) is 13.3. The van der Waals surface area contributed by atoms with Crippen molar-refractivity contribution in [1.82, 2.24) is 10.2 Å². The molecule has 5 nitrogen and oxygen atoms in total. The van der Waals surface area contributed by atoms with Crippen LogP contribution in [-0.4, -0.2) is 54.3 Å². The molecule has 2 unspecified atom stereocenters. The number of para-hydroxylation sites is 1. The van der Waals surface area contributed by atoms with Crippen molar-refractivity contribution in [3.05, 3.63) is 30.3 Å². The van der Waals surface area contributed by atoms with Gasteiger partial charge in [0.25, 0.3) is 0 Å². The summed E-state index contributed by atoms with van der Waals surface area (Å²) in [6.07, 6.45) is 1.18. The highest BCUT2D eigenvalue weighted by Gasteiger charge is 2.27. The van der Waals surface area contributed by atoms with Crippen LogP contribution in [0.25, 0.3) is 0 Å². The Labute approximate surface area is 151 Å². The molecule has 2 rings (SSSR count). The topological polar surface area (TPSA) is 61.8 Å².